The van der Waals surface area contributed by atoms with Crippen molar-refractivity contribution in [2.24, 2.45) is 5.92 Å². The molecule has 4 heteroatoms. The molecular formula is C15H20ClN3. The minimum absolute atomic E-state index is 0.375. The highest BCUT2D eigenvalue weighted by atomic mass is 35.5. The number of benzene rings is 1. The second kappa shape index (κ2) is 6.27. The van der Waals surface area contributed by atoms with Crippen LogP contribution in [0.1, 0.15) is 25.3 Å². The average Bonchev–Trinajstić information content (AvgIpc) is 2.42. The molecule has 1 fully saturated rings. The molecule has 102 valence electrons. The molecule has 1 aromatic rings. The van der Waals surface area contributed by atoms with Crippen LogP contribution in [0.25, 0.3) is 0 Å². The number of halogens is 1. The molecule has 0 spiro atoms. The van der Waals surface area contributed by atoms with Crippen molar-refractivity contribution < 1.29 is 0 Å². The molecule has 1 aromatic carbocycles. The Labute approximate surface area is 120 Å². The molecule has 0 amide bonds. The molecule has 1 heterocycles. The summed E-state index contributed by atoms with van der Waals surface area (Å²) < 4.78 is 0. The molecule has 1 atom stereocenters. The average molecular weight is 278 g/mol. The van der Waals surface area contributed by atoms with Gasteiger partial charge in [-0.2, -0.15) is 5.26 Å². The van der Waals surface area contributed by atoms with Crippen LogP contribution in [0.3, 0.4) is 0 Å². The summed E-state index contributed by atoms with van der Waals surface area (Å²) in [6.45, 7) is 4.51. The lowest BCUT2D eigenvalue weighted by Gasteiger charge is -2.33. The minimum Gasteiger partial charge on any atom is -0.381 e. The highest BCUT2D eigenvalue weighted by molar-refractivity contribution is 6.33. The van der Waals surface area contributed by atoms with Gasteiger partial charge in [-0.3, -0.25) is 0 Å². The van der Waals surface area contributed by atoms with Crippen molar-refractivity contribution in [3.8, 4) is 6.07 Å². The van der Waals surface area contributed by atoms with Gasteiger partial charge in [0.25, 0.3) is 0 Å². The number of rotatable bonds is 3. The van der Waals surface area contributed by atoms with Crippen LogP contribution >= 0.6 is 11.6 Å². The second-order valence-corrected chi connectivity index (χ2v) is 5.79. The van der Waals surface area contributed by atoms with E-state index >= 15 is 0 Å². The first-order valence-electron chi connectivity index (χ1n) is 6.75. The number of anilines is 1. The molecule has 0 radical (unpaired) electrons. The van der Waals surface area contributed by atoms with E-state index < -0.39 is 0 Å². The van der Waals surface area contributed by atoms with Gasteiger partial charge in [-0.25, -0.2) is 0 Å². The predicted molar refractivity (Wildman–Crippen MR) is 79.5 cm³/mol. The summed E-state index contributed by atoms with van der Waals surface area (Å²) in [7, 11) is 2.17. The fourth-order valence-electron chi connectivity index (χ4n) is 2.60. The van der Waals surface area contributed by atoms with Crippen molar-refractivity contribution in [3.05, 3.63) is 28.8 Å². The normalized spacial score (nSPS) is 18.8. The predicted octanol–water partition coefficient (Wildman–Crippen LogP) is 3.35. The van der Waals surface area contributed by atoms with E-state index in [-0.39, 0.29) is 0 Å². The highest BCUT2D eigenvalue weighted by Gasteiger charge is 2.22. The molecule has 1 saturated heterocycles. The summed E-state index contributed by atoms with van der Waals surface area (Å²) in [6.07, 6.45) is 2.42. The van der Waals surface area contributed by atoms with Crippen LogP contribution in [0.2, 0.25) is 5.02 Å². The van der Waals surface area contributed by atoms with Crippen LogP contribution in [0, 0.1) is 17.2 Å². The quantitative estimate of drug-likeness (QED) is 0.921. The van der Waals surface area contributed by atoms with Crippen molar-refractivity contribution in [1.82, 2.24) is 4.90 Å². The van der Waals surface area contributed by atoms with E-state index in [1.54, 1.807) is 12.1 Å². The first-order chi connectivity index (χ1) is 9.10. The summed E-state index contributed by atoms with van der Waals surface area (Å²) in [6, 6.07) is 7.88. The third kappa shape index (κ3) is 3.62. The molecule has 0 aromatic heterocycles. The molecule has 1 aliphatic heterocycles. The first kappa shape index (κ1) is 14.2. The van der Waals surface area contributed by atoms with E-state index in [1.807, 2.05) is 6.07 Å². The van der Waals surface area contributed by atoms with Crippen LogP contribution in [-0.4, -0.2) is 31.1 Å². The fourth-order valence-corrected chi connectivity index (χ4v) is 2.77. The van der Waals surface area contributed by atoms with Crippen molar-refractivity contribution in [3.63, 3.8) is 0 Å². The minimum atomic E-state index is 0.375. The second-order valence-electron chi connectivity index (χ2n) is 5.38. The summed E-state index contributed by atoms with van der Waals surface area (Å²) in [5.41, 5.74) is 1.51. The monoisotopic (exact) mass is 277 g/mol. The highest BCUT2D eigenvalue weighted by Crippen LogP contribution is 2.27. The van der Waals surface area contributed by atoms with Gasteiger partial charge in [0, 0.05) is 6.04 Å². The summed E-state index contributed by atoms with van der Waals surface area (Å²) in [5.74, 6) is 0.665. The van der Waals surface area contributed by atoms with Crippen LogP contribution in [0.15, 0.2) is 18.2 Å². The van der Waals surface area contributed by atoms with Gasteiger partial charge in [0.1, 0.15) is 0 Å². The number of hydrogen-bond donors (Lipinski definition) is 1. The Morgan fingerprint density at radius 3 is 2.74 bits per heavy atom. The maximum absolute atomic E-state index is 8.94. The van der Waals surface area contributed by atoms with Gasteiger partial charge in [0.2, 0.25) is 0 Å². The van der Waals surface area contributed by atoms with E-state index in [0.29, 0.717) is 22.5 Å². The fraction of sp³-hybridized carbons (Fsp3) is 0.533. The third-order valence-electron chi connectivity index (χ3n) is 3.95. The largest absolute Gasteiger partial charge is 0.381 e. The number of piperidine rings is 1. The number of nitriles is 1. The Kier molecular flexibility index (Phi) is 4.68. The molecule has 19 heavy (non-hydrogen) atoms. The van der Waals surface area contributed by atoms with Gasteiger partial charge in [0.15, 0.2) is 0 Å². The lowest BCUT2D eigenvalue weighted by atomic mass is 9.90. The standard InChI is InChI=1S/C15H20ClN3/c1-11(13-5-7-19(2)8-6-13)18-15-9-12(10-17)3-4-14(15)16/h3-4,9,11,13,18H,5-8H2,1-2H3. The Hall–Kier alpha value is -1.24. The van der Waals surface area contributed by atoms with Gasteiger partial charge in [-0.05, 0) is 64.0 Å². The zero-order valence-corrected chi connectivity index (χ0v) is 12.2. The molecule has 0 saturated carbocycles. The zero-order chi connectivity index (χ0) is 13.8. The number of nitrogens with one attached hydrogen (secondary N) is 1. The Morgan fingerprint density at radius 1 is 1.42 bits per heavy atom. The van der Waals surface area contributed by atoms with Crippen LogP contribution in [0.5, 0.6) is 0 Å². The Balaban J connectivity index is 2.02. The van der Waals surface area contributed by atoms with E-state index in [1.165, 1.54) is 12.8 Å². The lowest BCUT2D eigenvalue weighted by Crippen LogP contribution is -2.37. The van der Waals surface area contributed by atoms with Crippen molar-refractivity contribution in [2.45, 2.75) is 25.8 Å². The smallest absolute Gasteiger partial charge is 0.0992 e. The maximum atomic E-state index is 8.94. The van der Waals surface area contributed by atoms with Gasteiger partial charge >= 0.3 is 0 Å². The summed E-state index contributed by atoms with van der Waals surface area (Å²) in [4.78, 5) is 2.37. The first-order valence-corrected chi connectivity index (χ1v) is 7.12. The Bertz CT molecular complexity index is 473. The molecule has 1 aliphatic rings. The molecule has 1 N–H and O–H groups in total. The van der Waals surface area contributed by atoms with E-state index in [2.05, 4.69) is 30.3 Å². The molecular weight excluding hydrogens is 258 g/mol. The molecule has 0 bridgehead atoms. The van der Waals surface area contributed by atoms with Crippen LogP contribution in [-0.2, 0) is 0 Å². The van der Waals surface area contributed by atoms with E-state index in [4.69, 9.17) is 16.9 Å². The van der Waals surface area contributed by atoms with Crippen molar-refractivity contribution in [1.29, 1.82) is 5.26 Å². The topological polar surface area (TPSA) is 39.1 Å². The van der Waals surface area contributed by atoms with E-state index in [0.717, 1.165) is 18.8 Å². The zero-order valence-electron chi connectivity index (χ0n) is 11.5. The van der Waals surface area contributed by atoms with Gasteiger partial charge in [0.05, 0.1) is 22.3 Å². The van der Waals surface area contributed by atoms with Crippen molar-refractivity contribution in [2.75, 3.05) is 25.5 Å². The van der Waals surface area contributed by atoms with E-state index in [9.17, 15) is 0 Å². The molecule has 2 rings (SSSR count). The summed E-state index contributed by atoms with van der Waals surface area (Å²) >= 11 is 6.18. The number of nitrogens with zero attached hydrogens (tertiary/aromatic N) is 2. The van der Waals surface area contributed by atoms with Gasteiger partial charge in [-0.1, -0.05) is 11.6 Å². The summed E-state index contributed by atoms with van der Waals surface area (Å²) in [5, 5.41) is 13.1. The number of likely N-dealkylation sites (tertiary alicyclic amines) is 1. The molecule has 0 aliphatic carbocycles. The van der Waals surface area contributed by atoms with Crippen LogP contribution in [0.4, 0.5) is 5.69 Å². The maximum Gasteiger partial charge on any atom is 0.0992 e. The third-order valence-corrected chi connectivity index (χ3v) is 4.28. The Morgan fingerprint density at radius 2 is 2.11 bits per heavy atom. The molecule has 3 nitrogen and oxygen atoms in total. The van der Waals surface area contributed by atoms with Gasteiger partial charge in [-0.15, -0.1) is 0 Å². The van der Waals surface area contributed by atoms with Crippen molar-refractivity contribution >= 4 is 17.3 Å². The SMILES string of the molecule is CC(Nc1cc(C#N)ccc1Cl)C1CCN(C)CC1. The van der Waals surface area contributed by atoms with Gasteiger partial charge < -0.3 is 10.2 Å². The molecule has 1 unspecified atom stereocenters. The number of hydrogen-bond acceptors (Lipinski definition) is 3. The van der Waals surface area contributed by atoms with Crippen LogP contribution < -0.4 is 5.32 Å². The lowest BCUT2D eigenvalue weighted by molar-refractivity contribution is 0.208.